The maximum absolute atomic E-state index is 5.63. The molecule has 1 aromatic heterocycles. The lowest BCUT2D eigenvalue weighted by molar-refractivity contribution is 0.864. The molecule has 0 saturated heterocycles. The van der Waals surface area contributed by atoms with Crippen LogP contribution in [0.1, 0.15) is 25.6 Å². The van der Waals surface area contributed by atoms with Crippen LogP contribution < -0.4 is 5.73 Å². The van der Waals surface area contributed by atoms with Crippen molar-refractivity contribution in [3.05, 3.63) is 12.2 Å². The van der Waals surface area contributed by atoms with Gasteiger partial charge in [0.2, 0.25) is 0 Å². The standard InChI is InChI=1S/C8H15N5/c1-2-3-7(9)10-5-4-8-11-6-12-13-8/h6H,2-5H2,1H3,(H2,9,10)(H,11,12,13). The molecule has 0 spiro atoms. The van der Waals surface area contributed by atoms with E-state index in [2.05, 4.69) is 27.1 Å². The highest BCUT2D eigenvalue weighted by molar-refractivity contribution is 5.80. The Labute approximate surface area is 77.5 Å². The monoisotopic (exact) mass is 181 g/mol. The Kier molecular flexibility index (Phi) is 3.95. The largest absolute Gasteiger partial charge is 0.387 e. The van der Waals surface area contributed by atoms with Crippen molar-refractivity contribution in [3.8, 4) is 0 Å². The van der Waals surface area contributed by atoms with E-state index >= 15 is 0 Å². The summed E-state index contributed by atoms with van der Waals surface area (Å²) in [6, 6.07) is 0. The highest BCUT2D eigenvalue weighted by Crippen LogP contribution is 1.90. The van der Waals surface area contributed by atoms with Gasteiger partial charge in [-0.1, -0.05) is 6.92 Å². The van der Waals surface area contributed by atoms with Crippen molar-refractivity contribution in [1.82, 2.24) is 15.2 Å². The zero-order valence-electron chi connectivity index (χ0n) is 7.82. The van der Waals surface area contributed by atoms with Crippen molar-refractivity contribution in [2.24, 2.45) is 10.7 Å². The van der Waals surface area contributed by atoms with Crippen LogP contribution in [0.4, 0.5) is 0 Å². The first-order chi connectivity index (χ1) is 6.33. The lowest BCUT2D eigenvalue weighted by Gasteiger charge is -1.96. The van der Waals surface area contributed by atoms with Crippen molar-refractivity contribution in [2.75, 3.05) is 6.54 Å². The first-order valence-corrected chi connectivity index (χ1v) is 4.46. The molecule has 0 fully saturated rings. The minimum absolute atomic E-state index is 0.682. The number of nitrogens with one attached hydrogen (secondary N) is 1. The van der Waals surface area contributed by atoms with E-state index in [0.717, 1.165) is 30.9 Å². The third-order valence-electron chi connectivity index (χ3n) is 1.63. The Hall–Kier alpha value is -1.39. The second-order valence-electron chi connectivity index (χ2n) is 2.81. The summed E-state index contributed by atoms with van der Waals surface area (Å²) < 4.78 is 0. The second kappa shape index (κ2) is 5.29. The molecule has 0 bridgehead atoms. The van der Waals surface area contributed by atoms with Crippen LogP contribution in [-0.4, -0.2) is 27.6 Å². The molecular formula is C8H15N5. The molecule has 1 aromatic rings. The lowest BCUT2D eigenvalue weighted by atomic mass is 10.3. The van der Waals surface area contributed by atoms with Crippen LogP contribution >= 0.6 is 0 Å². The number of nitrogens with two attached hydrogens (primary N) is 1. The molecule has 5 heteroatoms. The third-order valence-corrected chi connectivity index (χ3v) is 1.63. The van der Waals surface area contributed by atoms with E-state index in [0.29, 0.717) is 6.54 Å². The van der Waals surface area contributed by atoms with Crippen LogP contribution in [0.25, 0.3) is 0 Å². The summed E-state index contributed by atoms with van der Waals surface area (Å²) in [5.74, 6) is 1.58. The fourth-order valence-electron chi connectivity index (χ4n) is 0.992. The number of rotatable bonds is 5. The van der Waals surface area contributed by atoms with E-state index in [9.17, 15) is 0 Å². The zero-order valence-corrected chi connectivity index (χ0v) is 7.82. The molecule has 3 N–H and O–H groups in total. The molecule has 0 saturated carbocycles. The van der Waals surface area contributed by atoms with Crippen LogP contribution in [0.2, 0.25) is 0 Å². The molecular weight excluding hydrogens is 166 g/mol. The van der Waals surface area contributed by atoms with Gasteiger partial charge in [-0.25, -0.2) is 4.98 Å². The smallest absolute Gasteiger partial charge is 0.137 e. The van der Waals surface area contributed by atoms with Gasteiger partial charge in [-0.15, -0.1) is 0 Å². The number of amidine groups is 1. The van der Waals surface area contributed by atoms with E-state index in [1.54, 1.807) is 0 Å². The molecule has 0 amide bonds. The molecule has 1 rings (SSSR count). The van der Waals surface area contributed by atoms with Crippen molar-refractivity contribution >= 4 is 5.84 Å². The minimum Gasteiger partial charge on any atom is -0.387 e. The summed E-state index contributed by atoms with van der Waals surface area (Å²) in [5, 5.41) is 6.51. The molecule has 72 valence electrons. The van der Waals surface area contributed by atoms with Crippen LogP contribution in [0, 0.1) is 0 Å². The minimum atomic E-state index is 0.682. The lowest BCUT2D eigenvalue weighted by Crippen LogP contribution is -2.12. The van der Waals surface area contributed by atoms with E-state index in [1.807, 2.05) is 0 Å². The molecule has 1 heterocycles. The molecule has 0 aliphatic carbocycles. The van der Waals surface area contributed by atoms with E-state index < -0.39 is 0 Å². The van der Waals surface area contributed by atoms with Gasteiger partial charge in [-0.2, -0.15) is 5.10 Å². The van der Waals surface area contributed by atoms with Crippen LogP contribution in [0.15, 0.2) is 11.3 Å². The fraction of sp³-hybridized carbons (Fsp3) is 0.625. The maximum atomic E-state index is 5.63. The number of aromatic amines is 1. The van der Waals surface area contributed by atoms with Crippen LogP contribution in [-0.2, 0) is 6.42 Å². The normalized spacial score (nSPS) is 11.9. The van der Waals surface area contributed by atoms with Gasteiger partial charge in [0.1, 0.15) is 12.2 Å². The van der Waals surface area contributed by atoms with E-state index in [1.165, 1.54) is 6.33 Å². The molecule has 13 heavy (non-hydrogen) atoms. The predicted molar refractivity (Wildman–Crippen MR) is 51.5 cm³/mol. The third kappa shape index (κ3) is 3.68. The first-order valence-electron chi connectivity index (χ1n) is 4.46. The SMILES string of the molecule is CCCC(N)=NCCc1ncn[nH]1. The number of aliphatic imine (C=N–C) groups is 1. The Morgan fingerprint density at radius 3 is 3.15 bits per heavy atom. The molecule has 0 aliphatic rings. The Balaban J connectivity index is 2.24. The average molecular weight is 181 g/mol. The maximum Gasteiger partial charge on any atom is 0.137 e. The molecule has 0 unspecified atom stereocenters. The quantitative estimate of drug-likeness (QED) is 0.513. The highest BCUT2D eigenvalue weighted by Gasteiger charge is 1.94. The number of H-pyrrole nitrogens is 1. The van der Waals surface area contributed by atoms with Gasteiger partial charge in [0.05, 0.1) is 5.84 Å². The van der Waals surface area contributed by atoms with Gasteiger partial charge < -0.3 is 5.73 Å². The molecule has 0 radical (unpaired) electrons. The van der Waals surface area contributed by atoms with Crippen molar-refractivity contribution in [3.63, 3.8) is 0 Å². The molecule has 5 nitrogen and oxygen atoms in total. The summed E-state index contributed by atoms with van der Waals surface area (Å²) >= 11 is 0. The predicted octanol–water partition coefficient (Wildman–Crippen LogP) is 0.505. The topological polar surface area (TPSA) is 79.9 Å². The number of nitrogens with zero attached hydrogens (tertiary/aromatic N) is 3. The van der Waals surface area contributed by atoms with Gasteiger partial charge in [-0.3, -0.25) is 10.1 Å². The number of hydrogen-bond donors (Lipinski definition) is 2. The van der Waals surface area contributed by atoms with Gasteiger partial charge in [0.25, 0.3) is 0 Å². The van der Waals surface area contributed by atoms with Gasteiger partial charge in [-0.05, 0) is 6.42 Å². The summed E-state index contributed by atoms with van der Waals surface area (Å²) in [7, 11) is 0. The Bertz CT molecular complexity index is 252. The molecule has 0 aliphatic heterocycles. The van der Waals surface area contributed by atoms with Gasteiger partial charge in [0.15, 0.2) is 0 Å². The van der Waals surface area contributed by atoms with Gasteiger partial charge in [0, 0.05) is 19.4 Å². The zero-order chi connectivity index (χ0) is 9.52. The molecule has 0 atom stereocenters. The van der Waals surface area contributed by atoms with Crippen molar-refractivity contribution < 1.29 is 0 Å². The molecule has 0 aromatic carbocycles. The first kappa shape index (κ1) is 9.70. The van der Waals surface area contributed by atoms with E-state index in [-0.39, 0.29) is 0 Å². The van der Waals surface area contributed by atoms with Gasteiger partial charge >= 0.3 is 0 Å². The highest BCUT2D eigenvalue weighted by atomic mass is 15.2. The summed E-state index contributed by atoms with van der Waals surface area (Å²) in [6.07, 6.45) is 4.17. The summed E-state index contributed by atoms with van der Waals surface area (Å²) in [5.41, 5.74) is 5.63. The van der Waals surface area contributed by atoms with Crippen LogP contribution in [0.5, 0.6) is 0 Å². The Morgan fingerprint density at radius 1 is 1.69 bits per heavy atom. The second-order valence-corrected chi connectivity index (χ2v) is 2.81. The number of aromatic nitrogens is 3. The summed E-state index contributed by atoms with van der Waals surface area (Å²) in [6.45, 7) is 2.76. The van der Waals surface area contributed by atoms with E-state index in [4.69, 9.17) is 5.73 Å². The average Bonchev–Trinajstić information content (AvgIpc) is 2.57. The summed E-state index contributed by atoms with van der Waals surface area (Å²) in [4.78, 5) is 8.18. The fourth-order valence-corrected chi connectivity index (χ4v) is 0.992. The van der Waals surface area contributed by atoms with Crippen molar-refractivity contribution in [1.29, 1.82) is 0 Å². The van der Waals surface area contributed by atoms with Crippen LogP contribution in [0.3, 0.4) is 0 Å². The Morgan fingerprint density at radius 2 is 2.54 bits per heavy atom. The number of hydrogen-bond acceptors (Lipinski definition) is 3. The van der Waals surface area contributed by atoms with Crippen molar-refractivity contribution in [2.45, 2.75) is 26.2 Å².